The molecule has 0 bridgehead atoms. The summed E-state index contributed by atoms with van der Waals surface area (Å²) in [6.45, 7) is 2.44. The molecule has 0 aliphatic carbocycles. The van der Waals surface area contributed by atoms with Crippen molar-refractivity contribution in [2.75, 3.05) is 0 Å². The van der Waals surface area contributed by atoms with Crippen molar-refractivity contribution in [1.82, 2.24) is 5.32 Å². The lowest BCUT2D eigenvalue weighted by atomic mass is 10.2. The van der Waals surface area contributed by atoms with Crippen molar-refractivity contribution < 1.29 is 4.79 Å². The summed E-state index contributed by atoms with van der Waals surface area (Å²) in [7, 11) is 0. The van der Waals surface area contributed by atoms with E-state index in [1.54, 1.807) is 11.8 Å². The molecule has 0 aliphatic heterocycles. The second-order valence-electron chi connectivity index (χ2n) is 4.78. The van der Waals surface area contributed by atoms with Gasteiger partial charge >= 0.3 is 0 Å². The first kappa shape index (κ1) is 17.2. The van der Waals surface area contributed by atoms with Gasteiger partial charge in [-0.3, -0.25) is 4.79 Å². The van der Waals surface area contributed by atoms with E-state index in [0.717, 1.165) is 16.9 Å². The van der Waals surface area contributed by atoms with Crippen LogP contribution in [0.1, 0.15) is 18.9 Å². The van der Waals surface area contributed by atoms with Crippen molar-refractivity contribution in [3.8, 4) is 0 Å². The SMILES string of the molecule is CCC(Sc1ccc(Cl)cc1)C(=O)NCc1ccccc1Cl. The average Bonchev–Trinajstić information content (AvgIpc) is 2.53. The minimum absolute atomic E-state index is 0.0161. The Labute approximate surface area is 145 Å². The molecular formula is C17H17Cl2NOS. The molecule has 0 fully saturated rings. The fourth-order valence-electron chi connectivity index (χ4n) is 1.94. The fourth-order valence-corrected chi connectivity index (χ4v) is 3.24. The highest BCUT2D eigenvalue weighted by Crippen LogP contribution is 2.27. The van der Waals surface area contributed by atoms with Gasteiger partial charge in [0.15, 0.2) is 0 Å². The maximum Gasteiger partial charge on any atom is 0.233 e. The van der Waals surface area contributed by atoms with Crippen LogP contribution >= 0.6 is 35.0 Å². The smallest absolute Gasteiger partial charge is 0.233 e. The predicted octanol–water partition coefficient (Wildman–Crippen LogP) is 5.18. The molecule has 2 aromatic carbocycles. The van der Waals surface area contributed by atoms with E-state index in [0.29, 0.717) is 16.6 Å². The number of carbonyl (C=O) groups excluding carboxylic acids is 1. The summed E-state index contributed by atoms with van der Waals surface area (Å²) in [5, 5.41) is 4.18. The van der Waals surface area contributed by atoms with Crippen LogP contribution in [0.5, 0.6) is 0 Å². The summed E-state index contributed by atoms with van der Waals surface area (Å²) in [6, 6.07) is 15.0. The zero-order valence-corrected chi connectivity index (χ0v) is 14.5. The molecular weight excluding hydrogens is 337 g/mol. The molecule has 1 amide bonds. The van der Waals surface area contributed by atoms with E-state index in [1.807, 2.05) is 55.5 Å². The molecule has 0 aromatic heterocycles. The third kappa shape index (κ3) is 4.94. The zero-order valence-electron chi connectivity index (χ0n) is 12.2. The quantitative estimate of drug-likeness (QED) is 0.724. The second-order valence-corrected chi connectivity index (χ2v) is 6.90. The Bertz CT molecular complexity index is 631. The zero-order chi connectivity index (χ0) is 15.9. The largest absolute Gasteiger partial charge is 0.351 e. The number of hydrogen-bond donors (Lipinski definition) is 1. The maximum absolute atomic E-state index is 12.3. The Morgan fingerprint density at radius 2 is 1.82 bits per heavy atom. The highest BCUT2D eigenvalue weighted by molar-refractivity contribution is 8.00. The van der Waals surface area contributed by atoms with Gasteiger partial charge in [-0.15, -0.1) is 11.8 Å². The van der Waals surface area contributed by atoms with Gasteiger partial charge in [-0.25, -0.2) is 0 Å². The molecule has 5 heteroatoms. The molecule has 0 radical (unpaired) electrons. The molecule has 0 heterocycles. The van der Waals surface area contributed by atoms with Gasteiger partial charge in [0.05, 0.1) is 5.25 Å². The number of halogens is 2. The third-order valence-corrected chi connectivity index (χ3v) is 5.16. The lowest BCUT2D eigenvalue weighted by Crippen LogP contribution is -2.31. The van der Waals surface area contributed by atoms with Crippen molar-refractivity contribution in [3.63, 3.8) is 0 Å². The van der Waals surface area contributed by atoms with Crippen LogP contribution in [0, 0.1) is 0 Å². The van der Waals surface area contributed by atoms with E-state index >= 15 is 0 Å². The van der Waals surface area contributed by atoms with Crippen LogP contribution in [0.15, 0.2) is 53.4 Å². The van der Waals surface area contributed by atoms with E-state index in [2.05, 4.69) is 5.32 Å². The summed E-state index contributed by atoms with van der Waals surface area (Å²) in [6.07, 6.45) is 0.752. The van der Waals surface area contributed by atoms with Gasteiger partial charge in [-0.2, -0.15) is 0 Å². The summed E-state index contributed by atoms with van der Waals surface area (Å²) < 4.78 is 0. The molecule has 1 unspecified atom stereocenters. The predicted molar refractivity (Wildman–Crippen MR) is 94.7 cm³/mol. The van der Waals surface area contributed by atoms with Gasteiger partial charge in [0, 0.05) is 21.5 Å². The summed E-state index contributed by atoms with van der Waals surface area (Å²) >= 11 is 13.5. The molecule has 0 saturated heterocycles. The van der Waals surface area contributed by atoms with Crippen LogP contribution in [0.4, 0.5) is 0 Å². The second kappa shape index (κ2) is 8.47. The lowest BCUT2D eigenvalue weighted by molar-refractivity contribution is -0.120. The van der Waals surface area contributed by atoms with Crippen LogP contribution in [0.3, 0.4) is 0 Å². The number of hydrogen-bond acceptors (Lipinski definition) is 2. The van der Waals surface area contributed by atoms with Crippen molar-refractivity contribution >= 4 is 40.9 Å². The number of carbonyl (C=O) groups is 1. The van der Waals surface area contributed by atoms with Crippen LogP contribution < -0.4 is 5.32 Å². The lowest BCUT2D eigenvalue weighted by Gasteiger charge is -2.15. The minimum Gasteiger partial charge on any atom is -0.351 e. The number of nitrogens with one attached hydrogen (secondary N) is 1. The van der Waals surface area contributed by atoms with E-state index in [1.165, 1.54) is 0 Å². The topological polar surface area (TPSA) is 29.1 Å². The van der Waals surface area contributed by atoms with Gasteiger partial charge in [0.2, 0.25) is 5.91 Å². The maximum atomic E-state index is 12.3. The molecule has 0 saturated carbocycles. The number of thioether (sulfide) groups is 1. The van der Waals surface area contributed by atoms with Crippen LogP contribution in [0.25, 0.3) is 0 Å². The Kier molecular flexibility index (Phi) is 6.62. The first-order chi connectivity index (χ1) is 10.6. The molecule has 116 valence electrons. The highest BCUT2D eigenvalue weighted by atomic mass is 35.5. The normalized spacial score (nSPS) is 12.0. The average molecular weight is 354 g/mol. The number of benzene rings is 2. The number of rotatable bonds is 6. The molecule has 2 nitrogen and oxygen atoms in total. The van der Waals surface area contributed by atoms with Gasteiger partial charge in [-0.1, -0.05) is 48.3 Å². The minimum atomic E-state index is -0.135. The molecule has 0 aliphatic rings. The Balaban J connectivity index is 1.94. The Morgan fingerprint density at radius 1 is 1.14 bits per heavy atom. The molecule has 1 N–H and O–H groups in total. The molecule has 0 spiro atoms. The standard InChI is InChI=1S/C17H17Cl2NOS/c1-2-16(22-14-9-7-13(18)8-10-14)17(21)20-11-12-5-3-4-6-15(12)19/h3-10,16H,2,11H2,1H3,(H,20,21). The van der Waals surface area contributed by atoms with Gasteiger partial charge in [0.25, 0.3) is 0 Å². The highest BCUT2D eigenvalue weighted by Gasteiger charge is 2.17. The van der Waals surface area contributed by atoms with Crippen molar-refractivity contribution in [3.05, 3.63) is 64.1 Å². The van der Waals surface area contributed by atoms with Crippen LogP contribution in [0.2, 0.25) is 10.0 Å². The van der Waals surface area contributed by atoms with E-state index in [-0.39, 0.29) is 11.2 Å². The molecule has 2 rings (SSSR count). The van der Waals surface area contributed by atoms with Crippen molar-refractivity contribution in [2.24, 2.45) is 0 Å². The number of amides is 1. The first-order valence-electron chi connectivity index (χ1n) is 7.03. The van der Waals surface area contributed by atoms with Crippen molar-refractivity contribution in [1.29, 1.82) is 0 Å². The fraction of sp³-hybridized carbons (Fsp3) is 0.235. The third-order valence-electron chi connectivity index (χ3n) is 3.17. The Hall–Kier alpha value is -1.16. The monoisotopic (exact) mass is 353 g/mol. The van der Waals surface area contributed by atoms with Crippen molar-refractivity contribution in [2.45, 2.75) is 30.0 Å². The van der Waals surface area contributed by atoms with Gasteiger partial charge in [0.1, 0.15) is 0 Å². The van der Waals surface area contributed by atoms with Gasteiger partial charge < -0.3 is 5.32 Å². The summed E-state index contributed by atoms with van der Waals surface area (Å²) in [5.74, 6) is 0.0161. The summed E-state index contributed by atoms with van der Waals surface area (Å²) in [4.78, 5) is 13.4. The van der Waals surface area contributed by atoms with Crippen LogP contribution in [-0.4, -0.2) is 11.2 Å². The summed E-state index contributed by atoms with van der Waals surface area (Å²) in [5.41, 5.74) is 0.920. The van der Waals surface area contributed by atoms with Crippen LogP contribution in [-0.2, 0) is 11.3 Å². The van der Waals surface area contributed by atoms with E-state index in [4.69, 9.17) is 23.2 Å². The molecule has 2 aromatic rings. The van der Waals surface area contributed by atoms with E-state index in [9.17, 15) is 4.79 Å². The molecule has 1 atom stereocenters. The van der Waals surface area contributed by atoms with E-state index < -0.39 is 0 Å². The first-order valence-corrected chi connectivity index (χ1v) is 8.67. The molecule has 22 heavy (non-hydrogen) atoms. The van der Waals surface area contributed by atoms with Gasteiger partial charge in [-0.05, 0) is 42.3 Å². The Morgan fingerprint density at radius 3 is 2.45 bits per heavy atom.